The number of anilines is 1. The van der Waals surface area contributed by atoms with Crippen LogP contribution in [0.4, 0.5) is 5.69 Å². The number of amides is 1. The van der Waals surface area contributed by atoms with Crippen LogP contribution in [0.15, 0.2) is 66.7 Å². The van der Waals surface area contributed by atoms with Crippen molar-refractivity contribution < 1.29 is 9.53 Å². The smallest absolute Gasteiger partial charge is 0.264 e. The minimum atomic E-state index is -0.164. The van der Waals surface area contributed by atoms with Crippen molar-refractivity contribution in [3.63, 3.8) is 0 Å². The van der Waals surface area contributed by atoms with Gasteiger partial charge in [-0.2, -0.15) is 0 Å². The molecule has 0 saturated carbocycles. The van der Waals surface area contributed by atoms with Crippen LogP contribution in [0.5, 0.6) is 5.75 Å². The SMILES string of the molecule is CCN(CC)C(=S)Oc1ccc(C(=O)Nc2ccc3ccccc3c2)cc1. The van der Waals surface area contributed by atoms with E-state index in [9.17, 15) is 4.79 Å². The molecule has 0 aliphatic rings. The van der Waals surface area contributed by atoms with E-state index < -0.39 is 0 Å². The zero-order valence-corrected chi connectivity index (χ0v) is 16.3. The van der Waals surface area contributed by atoms with Crippen LogP contribution in [0.3, 0.4) is 0 Å². The molecular formula is C22H22N2O2S. The first-order chi connectivity index (χ1) is 13.1. The third kappa shape index (κ3) is 4.63. The van der Waals surface area contributed by atoms with Crippen LogP contribution < -0.4 is 10.1 Å². The Morgan fingerprint density at radius 3 is 2.30 bits per heavy atom. The van der Waals surface area contributed by atoms with Gasteiger partial charge in [-0.15, -0.1) is 0 Å². The molecule has 0 fully saturated rings. The first-order valence-electron chi connectivity index (χ1n) is 8.97. The fraction of sp³-hybridized carbons (Fsp3) is 0.182. The minimum absolute atomic E-state index is 0.164. The van der Waals surface area contributed by atoms with Crippen LogP contribution >= 0.6 is 12.2 Å². The molecule has 3 aromatic rings. The third-order valence-corrected chi connectivity index (χ3v) is 4.69. The first kappa shape index (κ1) is 18.9. The van der Waals surface area contributed by atoms with E-state index in [1.807, 2.05) is 61.2 Å². The Hall–Kier alpha value is -2.92. The van der Waals surface area contributed by atoms with Gasteiger partial charge in [-0.3, -0.25) is 4.79 Å². The fourth-order valence-corrected chi connectivity index (χ4v) is 3.15. The van der Waals surface area contributed by atoms with Gasteiger partial charge >= 0.3 is 0 Å². The van der Waals surface area contributed by atoms with E-state index in [1.54, 1.807) is 24.3 Å². The van der Waals surface area contributed by atoms with Gasteiger partial charge in [-0.1, -0.05) is 30.3 Å². The quantitative estimate of drug-likeness (QED) is 0.627. The number of fused-ring (bicyclic) bond motifs is 1. The van der Waals surface area contributed by atoms with Crippen LogP contribution in [0, 0.1) is 0 Å². The average molecular weight is 378 g/mol. The van der Waals surface area contributed by atoms with Gasteiger partial charge in [0.15, 0.2) is 0 Å². The molecular weight excluding hydrogens is 356 g/mol. The lowest BCUT2D eigenvalue weighted by atomic mass is 10.1. The van der Waals surface area contributed by atoms with Crippen LogP contribution in [-0.2, 0) is 0 Å². The monoisotopic (exact) mass is 378 g/mol. The Labute approximate surface area is 164 Å². The number of rotatable bonds is 5. The van der Waals surface area contributed by atoms with Crippen molar-refractivity contribution in [1.29, 1.82) is 0 Å². The van der Waals surface area contributed by atoms with Gasteiger partial charge in [0, 0.05) is 24.3 Å². The molecule has 3 rings (SSSR count). The molecule has 0 saturated heterocycles. The van der Waals surface area contributed by atoms with E-state index in [0.29, 0.717) is 16.5 Å². The Kier molecular flexibility index (Phi) is 6.04. The first-order valence-corrected chi connectivity index (χ1v) is 9.38. The van der Waals surface area contributed by atoms with Crippen molar-refractivity contribution in [3.8, 4) is 5.75 Å². The number of benzene rings is 3. The van der Waals surface area contributed by atoms with Crippen molar-refractivity contribution >= 4 is 39.8 Å². The van der Waals surface area contributed by atoms with Crippen molar-refractivity contribution in [2.24, 2.45) is 0 Å². The number of hydrogen-bond donors (Lipinski definition) is 1. The summed E-state index contributed by atoms with van der Waals surface area (Å²) in [7, 11) is 0. The molecule has 0 heterocycles. The molecule has 0 atom stereocenters. The maximum atomic E-state index is 12.5. The Balaban J connectivity index is 1.67. The second kappa shape index (κ2) is 8.64. The van der Waals surface area contributed by atoms with Crippen LogP contribution in [-0.4, -0.2) is 29.1 Å². The summed E-state index contributed by atoms with van der Waals surface area (Å²) >= 11 is 5.29. The topological polar surface area (TPSA) is 41.6 Å². The highest BCUT2D eigenvalue weighted by atomic mass is 32.1. The van der Waals surface area contributed by atoms with Crippen LogP contribution in [0.1, 0.15) is 24.2 Å². The molecule has 0 radical (unpaired) electrons. The van der Waals surface area contributed by atoms with Crippen LogP contribution in [0.2, 0.25) is 0 Å². The van der Waals surface area contributed by atoms with E-state index in [0.717, 1.165) is 29.5 Å². The van der Waals surface area contributed by atoms with Gasteiger partial charge < -0.3 is 15.0 Å². The molecule has 27 heavy (non-hydrogen) atoms. The molecule has 0 aliphatic carbocycles. The lowest BCUT2D eigenvalue weighted by Gasteiger charge is -2.21. The van der Waals surface area contributed by atoms with E-state index in [-0.39, 0.29) is 5.91 Å². The standard InChI is InChI=1S/C22H22N2O2S/c1-3-24(4-2)22(27)26-20-13-10-17(11-14-20)21(25)23-19-12-9-16-7-5-6-8-18(16)15-19/h5-15H,3-4H2,1-2H3,(H,23,25). The zero-order chi connectivity index (χ0) is 19.2. The molecule has 5 heteroatoms. The summed E-state index contributed by atoms with van der Waals surface area (Å²) in [6.07, 6.45) is 0. The van der Waals surface area contributed by atoms with Crippen molar-refractivity contribution in [1.82, 2.24) is 4.90 Å². The van der Waals surface area contributed by atoms with E-state index >= 15 is 0 Å². The summed E-state index contributed by atoms with van der Waals surface area (Å²) in [6.45, 7) is 5.64. The maximum Gasteiger partial charge on any atom is 0.264 e. The average Bonchev–Trinajstić information content (AvgIpc) is 2.69. The van der Waals surface area contributed by atoms with Crippen molar-refractivity contribution in [2.75, 3.05) is 18.4 Å². The second-order valence-electron chi connectivity index (χ2n) is 6.08. The minimum Gasteiger partial charge on any atom is -0.432 e. The number of hydrogen-bond acceptors (Lipinski definition) is 3. The van der Waals surface area contributed by atoms with Gasteiger partial charge in [0.25, 0.3) is 11.1 Å². The highest BCUT2D eigenvalue weighted by Crippen LogP contribution is 2.20. The fourth-order valence-electron chi connectivity index (χ4n) is 2.79. The van der Waals surface area contributed by atoms with Gasteiger partial charge in [0.05, 0.1) is 0 Å². The molecule has 1 N–H and O–H groups in total. The molecule has 3 aromatic carbocycles. The summed E-state index contributed by atoms with van der Waals surface area (Å²) in [6, 6.07) is 20.9. The lowest BCUT2D eigenvalue weighted by molar-refractivity contribution is 0.102. The second-order valence-corrected chi connectivity index (χ2v) is 6.43. The summed E-state index contributed by atoms with van der Waals surface area (Å²) < 4.78 is 5.69. The van der Waals surface area contributed by atoms with Gasteiger partial charge in [0.1, 0.15) is 5.75 Å². The molecule has 0 bridgehead atoms. The molecule has 0 spiro atoms. The van der Waals surface area contributed by atoms with E-state index in [4.69, 9.17) is 17.0 Å². The summed E-state index contributed by atoms with van der Waals surface area (Å²) in [4.78, 5) is 14.5. The highest BCUT2D eigenvalue weighted by molar-refractivity contribution is 7.80. The molecule has 1 amide bonds. The molecule has 4 nitrogen and oxygen atoms in total. The van der Waals surface area contributed by atoms with Crippen molar-refractivity contribution in [3.05, 3.63) is 72.3 Å². The highest BCUT2D eigenvalue weighted by Gasteiger charge is 2.10. The predicted octanol–water partition coefficient (Wildman–Crippen LogP) is 5.10. The maximum absolute atomic E-state index is 12.5. The number of ether oxygens (including phenoxy) is 1. The zero-order valence-electron chi connectivity index (χ0n) is 15.4. The molecule has 0 aliphatic heterocycles. The normalized spacial score (nSPS) is 10.4. The summed E-state index contributed by atoms with van der Waals surface area (Å²) in [5.41, 5.74) is 1.33. The summed E-state index contributed by atoms with van der Waals surface area (Å²) in [5, 5.41) is 5.60. The number of nitrogens with one attached hydrogen (secondary N) is 1. The number of nitrogens with zero attached hydrogens (tertiary/aromatic N) is 1. The Bertz CT molecular complexity index is 950. The van der Waals surface area contributed by atoms with Crippen molar-refractivity contribution in [2.45, 2.75) is 13.8 Å². The molecule has 0 aromatic heterocycles. The summed E-state index contributed by atoms with van der Waals surface area (Å²) in [5.74, 6) is 0.456. The van der Waals surface area contributed by atoms with E-state index in [2.05, 4.69) is 5.32 Å². The number of carbonyl (C=O) groups excluding carboxylic acids is 1. The Morgan fingerprint density at radius 2 is 1.63 bits per heavy atom. The largest absolute Gasteiger partial charge is 0.432 e. The molecule has 0 unspecified atom stereocenters. The Morgan fingerprint density at radius 1 is 0.963 bits per heavy atom. The van der Waals surface area contributed by atoms with Gasteiger partial charge in [-0.05, 0) is 73.2 Å². The van der Waals surface area contributed by atoms with Crippen LogP contribution in [0.25, 0.3) is 10.8 Å². The number of thiocarbonyl (C=S) groups is 1. The third-order valence-electron chi connectivity index (χ3n) is 4.35. The molecule has 138 valence electrons. The predicted molar refractivity (Wildman–Crippen MR) is 114 cm³/mol. The number of carbonyl (C=O) groups is 1. The van der Waals surface area contributed by atoms with E-state index in [1.165, 1.54) is 0 Å². The van der Waals surface area contributed by atoms with Gasteiger partial charge in [-0.25, -0.2) is 0 Å². The van der Waals surface area contributed by atoms with Gasteiger partial charge in [0.2, 0.25) is 0 Å². The lowest BCUT2D eigenvalue weighted by Crippen LogP contribution is -2.32.